The number of nitrogens with zero attached hydrogens (tertiary/aromatic N) is 4. The lowest BCUT2D eigenvalue weighted by Gasteiger charge is -2.39. The number of aromatic nitrogens is 1. The fourth-order valence-corrected chi connectivity index (χ4v) is 6.23. The molecule has 3 aromatic carbocycles. The Balaban J connectivity index is 1.40. The molecule has 1 aliphatic heterocycles. The molecule has 1 aromatic heterocycles. The number of hydrogen-bond donors (Lipinski definition) is 0. The van der Waals surface area contributed by atoms with E-state index in [2.05, 4.69) is 41.1 Å². The average Bonchev–Trinajstić information content (AvgIpc) is 3.13. The van der Waals surface area contributed by atoms with Crippen LogP contribution < -0.4 is 0 Å². The number of hydrogen-bond acceptors (Lipinski definition) is 4. The zero-order chi connectivity index (χ0) is 35.3. The zero-order valence-corrected chi connectivity index (χ0v) is 28.6. The lowest BCUT2D eigenvalue weighted by atomic mass is 10.0. The maximum absolute atomic E-state index is 14.5. The first-order valence-electron chi connectivity index (χ1n) is 17.4. The molecule has 262 valence electrons. The highest BCUT2D eigenvalue weighted by molar-refractivity contribution is 5.95. The molecule has 6 nitrogen and oxygen atoms in total. The van der Waals surface area contributed by atoms with Crippen molar-refractivity contribution in [3.05, 3.63) is 143 Å². The fourth-order valence-electron chi connectivity index (χ4n) is 6.23. The molecule has 0 aliphatic carbocycles. The fraction of sp³-hybridized carbons (Fsp3) is 0.341. The Morgan fingerprint density at radius 2 is 1.46 bits per heavy atom. The third-order valence-corrected chi connectivity index (χ3v) is 9.16. The first-order chi connectivity index (χ1) is 24.2. The van der Waals surface area contributed by atoms with Crippen LogP contribution >= 0.6 is 0 Å². The normalized spacial score (nSPS) is 14.5. The minimum Gasteiger partial charge on any atom is -0.338 e. The molecular formula is C41H45F3N4O2. The van der Waals surface area contributed by atoms with E-state index in [1.165, 1.54) is 35.4 Å². The van der Waals surface area contributed by atoms with Gasteiger partial charge in [-0.05, 0) is 71.0 Å². The van der Waals surface area contributed by atoms with Crippen LogP contribution in [-0.4, -0.2) is 63.7 Å². The van der Waals surface area contributed by atoms with Crippen molar-refractivity contribution in [1.82, 2.24) is 19.7 Å². The van der Waals surface area contributed by atoms with Gasteiger partial charge in [-0.3, -0.25) is 19.5 Å². The molecule has 0 saturated carbocycles. The van der Waals surface area contributed by atoms with Crippen molar-refractivity contribution in [2.75, 3.05) is 26.2 Å². The molecule has 0 unspecified atom stereocenters. The SMILES string of the molecule is CCCCCc1ccc(CN(C(=O)/C=C/c2ccc(C(F)(F)F)cc2)[C@@H](Cc2ccncc2)C(=O)N2CCN(Cc3ccccc3)CC2)cc1. The molecule has 0 spiro atoms. The van der Waals surface area contributed by atoms with Crippen LogP contribution in [0.1, 0.15) is 59.6 Å². The Kier molecular flexibility index (Phi) is 13.0. The van der Waals surface area contributed by atoms with Crippen LogP contribution in [0.2, 0.25) is 0 Å². The van der Waals surface area contributed by atoms with E-state index in [1.807, 2.05) is 47.4 Å². The molecule has 1 aliphatic rings. The monoisotopic (exact) mass is 682 g/mol. The summed E-state index contributed by atoms with van der Waals surface area (Å²) in [4.78, 5) is 38.5. The topological polar surface area (TPSA) is 56.8 Å². The van der Waals surface area contributed by atoms with E-state index < -0.39 is 23.7 Å². The van der Waals surface area contributed by atoms with Gasteiger partial charge in [-0.2, -0.15) is 13.2 Å². The number of rotatable bonds is 14. The molecule has 50 heavy (non-hydrogen) atoms. The molecule has 9 heteroatoms. The number of aryl methyl sites for hydroxylation is 1. The van der Waals surface area contributed by atoms with Gasteiger partial charge in [0.1, 0.15) is 6.04 Å². The molecule has 4 aromatic rings. The van der Waals surface area contributed by atoms with Gasteiger partial charge in [0.15, 0.2) is 0 Å². The van der Waals surface area contributed by atoms with Crippen LogP contribution in [0.3, 0.4) is 0 Å². The average molecular weight is 683 g/mol. The quantitative estimate of drug-likeness (QED) is 0.101. The first-order valence-corrected chi connectivity index (χ1v) is 17.4. The first kappa shape index (κ1) is 36.5. The molecule has 1 atom stereocenters. The lowest BCUT2D eigenvalue weighted by molar-refractivity contribution is -0.145. The molecule has 0 radical (unpaired) electrons. The second-order valence-electron chi connectivity index (χ2n) is 12.9. The van der Waals surface area contributed by atoms with Gasteiger partial charge in [-0.1, -0.05) is 86.5 Å². The number of pyridine rings is 1. The Morgan fingerprint density at radius 1 is 0.800 bits per heavy atom. The number of alkyl halides is 3. The van der Waals surface area contributed by atoms with E-state index in [4.69, 9.17) is 0 Å². The lowest BCUT2D eigenvalue weighted by Crippen LogP contribution is -2.56. The number of amides is 2. The maximum atomic E-state index is 14.5. The summed E-state index contributed by atoms with van der Waals surface area (Å²) in [7, 11) is 0. The van der Waals surface area contributed by atoms with Crippen molar-refractivity contribution in [3.8, 4) is 0 Å². The highest BCUT2D eigenvalue weighted by Crippen LogP contribution is 2.29. The Hall–Kier alpha value is -4.76. The van der Waals surface area contributed by atoms with Crippen LogP contribution in [0, 0.1) is 0 Å². The highest BCUT2D eigenvalue weighted by atomic mass is 19.4. The van der Waals surface area contributed by atoms with E-state index in [-0.39, 0.29) is 12.5 Å². The van der Waals surface area contributed by atoms with Crippen molar-refractivity contribution in [1.29, 1.82) is 0 Å². The van der Waals surface area contributed by atoms with Crippen LogP contribution in [0.5, 0.6) is 0 Å². The van der Waals surface area contributed by atoms with E-state index in [1.54, 1.807) is 17.3 Å². The smallest absolute Gasteiger partial charge is 0.338 e. The molecular weight excluding hydrogens is 637 g/mol. The van der Waals surface area contributed by atoms with Crippen LogP contribution in [-0.2, 0) is 41.7 Å². The molecule has 2 amide bonds. The second kappa shape index (κ2) is 17.8. The van der Waals surface area contributed by atoms with E-state index in [0.717, 1.165) is 55.5 Å². The minimum atomic E-state index is -4.45. The van der Waals surface area contributed by atoms with E-state index in [0.29, 0.717) is 38.2 Å². The summed E-state index contributed by atoms with van der Waals surface area (Å²) in [6.45, 7) is 5.67. The largest absolute Gasteiger partial charge is 0.416 e. The van der Waals surface area contributed by atoms with Gasteiger partial charge in [0.2, 0.25) is 11.8 Å². The third kappa shape index (κ3) is 10.6. The van der Waals surface area contributed by atoms with Crippen LogP contribution in [0.25, 0.3) is 6.08 Å². The predicted octanol–water partition coefficient (Wildman–Crippen LogP) is 7.83. The second-order valence-corrected chi connectivity index (χ2v) is 12.9. The molecule has 0 bridgehead atoms. The number of halogens is 3. The van der Waals surface area contributed by atoms with Gasteiger partial charge in [0, 0.05) is 64.2 Å². The predicted molar refractivity (Wildman–Crippen MR) is 191 cm³/mol. The molecule has 1 fully saturated rings. The van der Waals surface area contributed by atoms with Crippen molar-refractivity contribution in [2.45, 2.75) is 64.3 Å². The Labute approximate surface area is 293 Å². The minimum absolute atomic E-state index is 0.131. The van der Waals surface area contributed by atoms with Crippen molar-refractivity contribution in [2.24, 2.45) is 0 Å². The van der Waals surface area contributed by atoms with E-state index >= 15 is 0 Å². The Bertz CT molecular complexity index is 1670. The summed E-state index contributed by atoms with van der Waals surface area (Å²) in [5.41, 5.74) is 3.90. The third-order valence-electron chi connectivity index (χ3n) is 9.16. The highest BCUT2D eigenvalue weighted by Gasteiger charge is 2.34. The van der Waals surface area contributed by atoms with Gasteiger partial charge >= 0.3 is 6.18 Å². The number of carbonyl (C=O) groups is 2. The van der Waals surface area contributed by atoms with Crippen LogP contribution in [0.15, 0.2) is 109 Å². The number of benzene rings is 3. The standard InChI is InChI=1S/C41H45F3N4O2/c1-2-3-5-8-32-11-13-36(14-12-32)31-48(39(49)20-17-33-15-18-37(19-16-33)41(42,43)44)38(29-34-21-23-45-24-22-34)40(50)47-27-25-46(26-28-47)30-35-9-6-4-7-10-35/h4,6-7,9-24,38H,2-3,5,8,25-31H2,1H3/b20-17+/t38-/m0/s1. The summed E-state index contributed by atoms with van der Waals surface area (Å²) < 4.78 is 39.4. The summed E-state index contributed by atoms with van der Waals surface area (Å²) in [6.07, 6.45) is 6.44. The number of piperazine rings is 1. The molecule has 2 heterocycles. The number of carbonyl (C=O) groups excluding carboxylic acids is 2. The summed E-state index contributed by atoms with van der Waals surface area (Å²) in [6, 6.07) is 26.0. The summed E-state index contributed by atoms with van der Waals surface area (Å²) in [5, 5.41) is 0. The van der Waals surface area contributed by atoms with Crippen molar-refractivity contribution in [3.63, 3.8) is 0 Å². The zero-order valence-electron chi connectivity index (χ0n) is 28.6. The van der Waals surface area contributed by atoms with Crippen LogP contribution in [0.4, 0.5) is 13.2 Å². The Morgan fingerprint density at radius 3 is 2.10 bits per heavy atom. The van der Waals surface area contributed by atoms with Gasteiger partial charge in [0.05, 0.1) is 5.56 Å². The van der Waals surface area contributed by atoms with E-state index in [9.17, 15) is 22.8 Å². The van der Waals surface area contributed by atoms with Crippen molar-refractivity contribution < 1.29 is 22.8 Å². The summed E-state index contributed by atoms with van der Waals surface area (Å²) >= 11 is 0. The van der Waals surface area contributed by atoms with Gasteiger partial charge in [-0.15, -0.1) is 0 Å². The van der Waals surface area contributed by atoms with Gasteiger partial charge in [-0.25, -0.2) is 0 Å². The summed E-state index contributed by atoms with van der Waals surface area (Å²) in [5.74, 6) is -0.527. The molecule has 5 rings (SSSR count). The van der Waals surface area contributed by atoms with Gasteiger partial charge < -0.3 is 9.80 Å². The number of unbranched alkanes of at least 4 members (excludes halogenated alkanes) is 2. The van der Waals surface area contributed by atoms with Gasteiger partial charge in [0.25, 0.3) is 0 Å². The maximum Gasteiger partial charge on any atom is 0.416 e. The molecule has 1 saturated heterocycles. The van der Waals surface area contributed by atoms with Crippen molar-refractivity contribution >= 4 is 17.9 Å². The molecule has 0 N–H and O–H groups in total.